The Bertz CT molecular complexity index is 1100. The van der Waals surface area contributed by atoms with Gasteiger partial charge in [-0.3, -0.25) is 4.79 Å². The molecule has 0 aliphatic rings. The number of aromatic carboxylic acids is 2. The first-order chi connectivity index (χ1) is 11.8. The summed E-state index contributed by atoms with van der Waals surface area (Å²) in [5, 5.41) is 19.4. The highest BCUT2D eigenvalue weighted by molar-refractivity contribution is 6.08. The monoisotopic (exact) mass is 342 g/mol. The minimum Gasteiger partial charge on any atom is -0.478 e. The molecule has 5 N–H and O–H groups in total. The average molecular weight is 342 g/mol. The van der Waals surface area contributed by atoms with E-state index in [0.717, 1.165) is 0 Å². The summed E-state index contributed by atoms with van der Waals surface area (Å²) in [6.45, 7) is 0. The van der Waals surface area contributed by atoms with Crippen molar-refractivity contribution in [2.75, 3.05) is 5.73 Å². The summed E-state index contributed by atoms with van der Waals surface area (Å²) < 4.78 is 15.0. The lowest BCUT2D eigenvalue weighted by atomic mass is 9.93. The van der Waals surface area contributed by atoms with Crippen molar-refractivity contribution in [1.29, 1.82) is 0 Å². The van der Waals surface area contributed by atoms with Gasteiger partial charge in [0, 0.05) is 16.5 Å². The van der Waals surface area contributed by atoms with Gasteiger partial charge in [0.15, 0.2) is 0 Å². The number of carboxylic acids is 2. The van der Waals surface area contributed by atoms with E-state index in [9.17, 15) is 29.0 Å². The molecule has 0 amide bonds. The summed E-state index contributed by atoms with van der Waals surface area (Å²) in [7, 11) is 0. The van der Waals surface area contributed by atoms with Crippen LogP contribution in [0.3, 0.4) is 0 Å². The molecule has 0 aliphatic carbocycles. The van der Waals surface area contributed by atoms with Crippen molar-refractivity contribution in [3.8, 4) is 11.1 Å². The van der Waals surface area contributed by atoms with Gasteiger partial charge < -0.3 is 20.9 Å². The van der Waals surface area contributed by atoms with Crippen LogP contribution in [0.5, 0.6) is 0 Å². The number of anilines is 1. The second kappa shape index (κ2) is 5.75. The van der Waals surface area contributed by atoms with Crippen molar-refractivity contribution in [3.63, 3.8) is 0 Å². The summed E-state index contributed by atoms with van der Waals surface area (Å²) in [6, 6.07) is 9.11. The lowest BCUT2D eigenvalue weighted by Gasteiger charge is -2.13. The molecule has 0 spiro atoms. The second-order valence-corrected chi connectivity index (χ2v) is 5.25. The predicted molar refractivity (Wildman–Crippen MR) is 88.3 cm³/mol. The number of nitrogens with two attached hydrogens (primary N) is 1. The van der Waals surface area contributed by atoms with Gasteiger partial charge in [-0.05, 0) is 5.39 Å². The Kier molecular flexibility index (Phi) is 3.72. The van der Waals surface area contributed by atoms with E-state index in [1.807, 2.05) is 4.98 Å². The number of fused-ring (bicyclic) bond motifs is 1. The SMILES string of the molecule is Nc1[nH]c(=O)c(C(=O)O)c(-c2ccc3ccccc3c2F)c1C(=O)O. The maximum absolute atomic E-state index is 15.0. The Morgan fingerprint density at radius 3 is 2.28 bits per heavy atom. The van der Waals surface area contributed by atoms with Crippen LogP contribution in [0.25, 0.3) is 21.9 Å². The molecule has 0 atom stereocenters. The van der Waals surface area contributed by atoms with E-state index in [1.165, 1.54) is 18.2 Å². The Morgan fingerprint density at radius 1 is 1.00 bits per heavy atom. The maximum Gasteiger partial charge on any atom is 0.342 e. The Morgan fingerprint density at radius 2 is 1.64 bits per heavy atom. The first-order valence-corrected chi connectivity index (χ1v) is 7.03. The molecule has 3 rings (SSSR count). The normalized spacial score (nSPS) is 10.8. The quantitative estimate of drug-likeness (QED) is 0.577. The molecule has 0 fully saturated rings. The Labute approximate surface area is 139 Å². The number of nitrogen functional groups attached to an aromatic ring is 1. The third-order valence-electron chi connectivity index (χ3n) is 3.80. The molecule has 8 heteroatoms. The van der Waals surface area contributed by atoms with E-state index in [1.54, 1.807) is 18.2 Å². The van der Waals surface area contributed by atoms with Crippen molar-refractivity contribution in [2.45, 2.75) is 0 Å². The molecule has 0 unspecified atom stereocenters. The molecular weight excluding hydrogens is 331 g/mol. The van der Waals surface area contributed by atoms with E-state index in [4.69, 9.17) is 5.73 Å². The molecule has 0 aliphatic heterocycles. The van der Waals surface area contributed by atoms with E-state index >= 15 is 0 Å². The second-order valence-electron chi connectivity index (χ2n) is 5.25. The fourth-order valence-corrected chi connectivity index (χ4v) is 2.74. The van der Waals surface area contributed by atoms with E-state index in [2.05, 4.69) is 0 Å². The summed E-state index contributed by atoms with van der Waals surface area (Å²) >= 11 is 0. The van der Waals surface area contributed by atoms with Crippen molar-refractivity contribution >= 4 is 28.5 Å². The van der Waals surface area contributed by atoms with Gasteiger partial charge >= 0.3 is 11.9 Å². The summed E-state index contributed by atoms with van der Waals surface area (Å²) in [5.74, 6) is -4.66. The topological polar surface area (TPSA) is 133 Å². The Balaban J connectivity index is 2.53. The van der Waals surface area contributed by atoms with Gasteiger partial charge in [-0.2, -0.15) is 0 Å². The van der Waals surface area contributed by atoms with E-state index in [-0.39, 0.29) is 10.9 Å². The van der Waals surface area contributed by atoms with Gasteiger partial charge in [-0.25, -0.2) is 14.0 Å². The van der Waals surface area contributed by atoms with Crippen molar-refractivity contribution in [3.05, 3.63) is 63.7 Å². The van der Waals surface area contributed by atoms with Crippen LogP contribution in [0.4, 0.5) is 10.2 Å². The van der Waals surface area contributed by atoms with Crippen LogP contribution in [0.15, 0.2) is 41.2 Å². The molecule has 3 aromatic rings. The number of pyridine rings is 1. The zero-order valence-electron chi connectivity index (χ0n) is 12.5. The van der Waals surface area contributed by atoms with Gasteiger partial charge in [0.05, 0.1) is 0 Å². The number of rotatable bonds is 3. The fraction of sp³-hybridized carbons (Fsp3) is 0. The molecule has 0 saturated heterocycles. The number of carbonyl (C=O) groups is 2. The number of aromatic nitrogens is 1. The standard InChI is InChI=1S/C17H11FN2O5/c18-13-8-4-2-1-3-7(8)5-6-9(13)10-11(16(22)23)14(19)20-15(21)12(10)17(24)25/h1-6H,(H,22,23)(H,24,25)(H3,19,20,21). The first kappa shape index (κ1) is 16.2. The minimum absolute atomic E-state index is 0.159. The van der Waals surface area contributed by atoms with Crippen LogP contribution in [0.2, 0.25) is 0 Å². The van der Waals surface area contributed by atoms with Crippen molar-refractivity contribution in [1.82, 2.24) is 4.98 Å². The molecule has 25 heavy (non-hydrogen) atoms. The molecular formula is C17H11FN2O5. The predicted octanol–water partition coefficient (Wildman–Crippen LogP) is 2.31. The largest absolute Gasteiger partial charge is 0.478 e. The first-order valence-electron chi connectivity index (χ1n) is 7.03. The average Bonchev–Trinajstić information content (AvgIpc) is 2.54. The number of carboxylic acid groups (broad SMARTS) is 2. The molecule has 1 heterocycles. The number of hydrogen-bond acceptors (Lipinski definition) is 4. The van der Waals surface area contributed by atoms with Crippen LogP contribution in [-0.2, 0) is 0 Å². The number of hydrogen-bond donors (Lipinski definition) is 4. The van der Waals surface area contributed by atoms with Gasteiger partial charge in [0.2, 0.25) is 0 Å². The molecule has 2 aromatic carbocycles. The number of nitrogens with one attached hydrogen (secondary N) is 1. The van der Waals surface area contributed by atoms with E-state index in [0.29, 0.717) is 5.39 Å². The number of benzene rings is 2. The highest BCUT2D eigenvalue weighted by Gasteiger charge is 2.28. The molecule has 0 saturated carbocycles. The van der Waals surface area contributed by atoms with Gasteiger partial charge in [-0.1, -0.05) is 36.4 Å². The molecule has 7 nitrogen and oxygen atoms in total. The smallest absolute Gasteiger partial charge is 0.342 e. The molecule has 0 bridgehead atoms. The molecule has 126 valence electrons. The number of H-pyrrole nitrogens is 1. The van der Waals surface area contributed by atoms with Gasteiger partial charge in [-0.15, -0.1) is 0 Å². The van der Waals surface area contributed by atoms with Crippen LogP contribution < -0.4 is 11.3 Å². The fourth-order valence-electron chi connectivity index (χ4n) is 2.74. The van der Waals surface area contributed by atoms with Crippen LogP contribution in [0.1, 0.15) is 20.7 Å². The Hall–Kier alpha value is -3.68. The summed E-state index contributed by atoms with van der Waals surface area (Å²) in [5.41, 5.74) is 1.97. The highest BCUT2D eigenvalue weighted by Crippen LogP contribution is 2.34. The van der Waals surface area contributed by atoms with Crippen molar-refractivity contribution < 1.29 is 24.2 Å². The third kappa shape index (κ3) is 2.49. The van der Waals surface area contributed by atoms with Gasteiger partial charge in [0.25, 0.3) is 5.56 Å². The molecule has 1 aromatic heterocycles. The summed E-state index contributed by atoms with van der Waals surface area (Å²) in [6.07, 6.45) is 0. The number of halogens is 1. The minimum atomic E-state index is -1.69. The van der Waals surface area contributed by atoms with Gasteiger partial charge in [0.1, 0.15) is 22.8 Å². The van der Waals surface area contributed by atoms with Crippen LogP contribution >= 0.6 is 0 Å². The highest BCUT2D eigenvalue weighted by atomic mass is 19.1. The van der Waals surface area contributed by atoms with Crippen molar-refractivity contribution in [2.24, 2.45) is 0 Å². The lowest BCUT2D eigenvalue weighted by Crippen LogP contribution is -2.24. The lowest BCUT2D eigenvalue weighted by molar-refractivity contribution is 0.0695. The zero-order chi connectivity index (χ0) is 18.3. The van der Waals surface area contributed by atoms with Crippen LogP contribution in [-0.4, -0.2) is 27.1 Å². The maximum atomic E-state index is 15.0. The number of aromatic amines is 1. The van der Waals surface area contributed by atoms with E-state index < -0.39 is 45.8 Å². The third-order valence-corrected chi connectivity index (χ3v) is 3.80. The zero-order valence-corrected chi connectivity index (χ0v) is 12.5. The molecule has 0 radical (unpaired) electrons. The van der Waals surface area contributed by atoms with Crippen LogP contribution in [0, 0.1) is 5.82 Å². The summed E-state index contributed by atoms with van der Waals surface area (Å²) in [4.78, 5) is 37.0.